The molecule has 0 radical (unpaired) electrons. The fourth-order valence-electron chi connectivity index (χ4n) is 1.13. The molecule has 0 fully saturated rings. The highest BCUT2D eigenvalue weighted by molar-refractivity contribution is 6.33. The Hall–Kier alpha value is -1.24. The first kappa shape index (κ1) is 8.36. The van der Waals surface area contributed by atoms with Crippen LogP contribution in [0.2, 0.25) is 10.3 Å². The molecule has 13 heavy (non-hydrogen) atoms. The van der Waals surface area contributed by atoms with Gasteiger partial charge in [0, 0.05) is 0 Å². The number of nitrogens with zero attached hydrogens (tertiary/aromatic N) is 2. The first-order chi connectivity index (χ1) is 6.22. The number of H-pyrrole nitrogens is 1. The van der Waals surface area contributed by atoms with E-state index in [1.165, 1.54) is 0 Å². The van der Waals surface area contributed by atoms with Crippen molar-refractivity contribution < 1.29 is 0 Å². The van der Waals surface area contributed by atoms with Gasteiger partial charge in [-0.3, -0.25) is 0 Å². The summed E-state index contributed by atoms with van der Waals surface area (Å²) in [6.07, 6.45) is 0. The van der Waals surface area contributed by atoms with E-state index in [0.29, 0.717) is 21.6 Å². The number of nitrogens with one attached hydrogen (secondary N) is 1. The van der Waals surface area contributed by atoms with Crippen molar-refractivity contribution in [1.82, 2.24) is 9.97 Å². The van der Waals surface area contributed by atoms with Crippen molar-refractivity contribution in [3.05, 3.63) is 28.0 Å². The summed E-state index contributed by atoms with van der Waals surface area (Å²) in [7, 11) is 0. The number of halogens is 2. The lowest BCUT2D eigenvalue weighted by atomic mass is 10.2. The van der Waals surface area contributed by atoms with Crippen LogP contribution in [-0.4, -0.2) is 9.97 Å². The summed E-state index contributed by atoms with van der Waals surface area (Å²) in [6.45, 7) is 0. The third-order valence-electron chi connectivity index (χ3n) is 1.69. The van der Waals surface area contributed by atoms with Gasteiger partial charge in [0.1, 0.15) is 11.6 Å². The van der Waals surface area contributed by atoms with E-state index in [4.69, 9.17) is 28.5 Å². The zero-order chi connectivity index (χ0) is 9.42. The standard InChI is InChI=1S/C8H3Cl2N3/c9-5-1-2-6-7(4(5)3-11)13-8(10)12-6/h1-2H,(H,12,13). The van der Waals surface area contributed by atoms with Crippen LogP contribution in [0, 0.1) is 11.3 Å². The number of nitriles is 1. The maximum Gasteiger partial charge on any atom is 0.201 e. The molecule has 2 aromatic rings. The van der Waals surface area contributed by atoms with Crippen LogP contribution in [0.1, 0.15) is 5.56 Å². The van der Waals surface area contributed by atoms with Gasteiger partial charge in [0.05, 0.1) is 16.1 Å². The molecule has 0 spiro atoms. The molecular weight excluding hydrogens is 209 g/mol. The molecule has 0 aliphatic heterocycles. The second-order valence-corrected chi connectivity index (χ2v) is 3.22. The van der Waals surface area contributed by atoms with Crippen LogP contribution in [0.15, 0.2) is 12.1 Å². The van der Waals surface area contributed by atoms with E-state index in [0.717, 1.165) is 0 Å². The first-order valence-electron chi connectivity index (χ1n) is 3.46. The average Bonchev–Trinajstić information content (AvgIpc) is 2.45. The van der Waals surface area contributed by atoms with Gasteiger partial charge >= 0.3 is 0 Å². The van der Waals surface area contributed by atoms with Crippen molar-refractivity contribution in [2.75, 3.05) is 0 Å². The molecule has 0 saturated carbocycles. The van der Waals surface area contributed by atoms with Crippen molar-refractivity contribution in [1.29, 1.82) is 5.26 Å². The predicted molar refractivity (Wildman–Crippen MR) is 50.8 cm³/mol. The number of hydrogen-bond acceptors (Lipinski definition) is 2. The number of rotatable bonds is 0. The van der Waals surface area contributed by atoms with E-state index in [2.05, 4.69) is 9.97 Å². The molecule has 2 rings (SSSR count). The van der Waals surface area contributed by atoms with Crippen molar-refractivity contribution in [3.63, 3.8) is 0 Å². The molecular formula is C8H3Cl2N3. The topological polar surface area (TPSA) is 52.5 Å². The summed E-state index contributed by atoms with van der Waals surface area (Å²) < 4.78 is 0. The Morgan fingerprint density at radius 1 is 1.38 bits per heavy atom. The maximum atomic E-state index is 8.79. The Morgan fingerprint density at radius 2 is 2.15 bits per heavy atom. The molecule has 1 aromatic heterocycles. The summed E-state index contributed by atoms with van der Waals surface area (Å²) in [5.41, 5.74) is 1.58. The van der Waals surface area contributed by atoms with Crippen LogP contribution in [-0.2, 0) is 0 Å². The first-order valence-corrected chi connectivity index (χ1v) is 4.22. The molecule has 0 aliphatic carbocycles. The molecule has 1 N–H and O–H groups in total. The second kappa shape index (κ2) is 2.91. The number of fused-ring (bicyclic) bond motifs is 1. The predicted octanol–water partition coefficient (Wildman–Crippen LogP) is 2.74. The number of imidazole rings is 1. The highest BCUT2D eigenvalue weighted by atomic mass is 35.5. The normalized spacial score (nSPS) is 10.2. The average molecular weight is 212 g/mol. The summed E-state index contributed by atoms with van der Waals surface area (Å²) >= 11 is 11.4. The summed E-state index contributed by atoms with van der Waals surface area (Å²) in [4.78, 5) is 6.75. The van der Waals surface area contributed by atoms with Gasteiger partial charge in [-0.2, -0.15) is 5.26 Å². The van der Waals surface area contributed by atoms with Gasteiger partial charge in [0.25, 0.3) is 0 Å². The molecule has 3 nitrogen and oxygen atoms in total. The van der Waals surface area contributed by atoms with Gasteiger partial charge < -0.3 is 4.98 Å². The fourth-order valence-corrected chi connectivity index (χ4v) is 1.51. The zero-order valence-electron chi connectivity index (χ0n) is 6.31. The van der Waals surface area contributed by atoms with Gasteiger partial charge in [0.15, 0.2) is 0 Å². The summed E-state index contributed by atoms with van der Waals surface area (Å²) in [6, 6.07) is 5.35. The third-order valence-corrected chi connectivity index (χ3v) is 2.18. The number of aromatic amines is 1. The molecule has 0 unspecified atom stereocenters. The van der Waals surface area contributed by atoms with Crippen molar-refractivity contribution in [2.24, 2.45) is 0 Å². The van der Waals surface area contributed by atoms with E-state index in [1.54, 1.807) is 12.1 Å². The molecule has 5 heteroatoms. The minimum absolute atomic E-state index is 0.258. The van der Waals surface area contributed by atoms with Gasteiger partial charge in [0.2, 0.25) is 5.28 Å². The molecule has 0 atom stereocenters. The number of aromatic nitrogens is 2. The summed E-state index contributed by atoms with van der Waals surface area (Å²) in [5.74, 6) is 0. The zero-order valence-corrected chi connectivity index (χ0v) is 7.82. The van der Waals surface area contributed by atoms with Gasteiger partial charge in [-0.05, 0) is 23.7 Å². The Morgan fingerprint density at radius 3 is 2.85 bits per heavy atom. The van der Waals surface area contributed by atoms with Crippen molar-refractivity contribution in [2.45, 2.75) is 0 Å². The van der Waals surface area contributed by atoms with Crippen LogP contribution in [0.3, 0.4) is 0 Å². The Labute approximate surface area is 83.9 Å². The lowest BCUT2D eigenvalue weighted by Crippen LogP contribution is -1.79. The highest BCUT2D eigenvalue weighted by Crippen LogP contribution is 2.24. The minimum atomic E-state index is 0.258. The lowest BCUT2D eigenvalue weighted by molar-refractivity contribution is 1.34. The van der Waals surface area contributed by atoms with Crippen molar-refractivity contribution in [3.8, 4) is 6.07 Å². The SMILES string of the molecule is N#Cc1c(Cl)ccc2[nH]c(Cl)nc12. The van der Waals surface area contributed by atoms with E-state index in [9.17, 15) is 0 Å². The number of hydrogen-bond donors (Lipinski definition) is 1. The van der Waals surface area contributed by atoms with E-state index >= 15 is 0 Å². The molecule has 64 valence electrons. The van der Waals surface area contributed by atoms with Crippen LogP contribution in [0.4, 0.5) is 0 Å². The van der Waals surface area contributed by atoms with Crippen LogP contribution in [0.5, 0.6) is 0 Å². The smallest absolute Gasteiger partial charge is 0.201 e. The Balaban J connectivity index is 2.93. The third kappa shape index (κ3) is 1.24. The molecule has 0 aliphatic rings. The second-order valence-electron chi connectivity index (χ2n) is 2.46. The summed E-state index contributed by atoms with van der Waals surface area (Å²) in [5, 5.41) is 9.44. The van der Waals surface area contributed by atoms with Crippen LogP contribution < -0.4 is 0 Å². The van der Waals surface area contributed by atoms with Gasteiger partial charge in [-0.15, -0.1) is 0 Å². The quantitative estimate of drug-likeness (QED) is 0.729. The molecule has 0 saturated heterocycles. The Kier molecular flexibility index (Phi) is 1.87. The molecule has 1 heterocycles. The van der Waals surface area contributed by atoms with Crippen LogP contribution >= 0.6 is 23.2 Å². The monoisotopic (exact) mass is 211 g/mol. The largest absolute Gasteiger partial charge is 0.329 e. The fraction of sp³-hybridized carbons (Fsp3) is 0. The Bertz CT molecular complexity index is 510. The van der Waals surface area contributed by atoms with Gasteiger partial charge in [-0.25, -0.2) is 4.98 Å². The minimum Gasteiger partial charge on any atom is -0.329 e. The molecule has 1 aromatic carbocycles. The molecule has 0 amide bonds. The van der Waals surface area contributed by atoms with E-state index in [-0.39, 0.29) is 5.28 Å². The van der Waals surface area contributed by atoms with E-state index < -0.39 is 0 Å². The maximum absolute atomic E-state index is 8.79. The van der Waals surface area contributed by atoms with Crippen molar-refractivity contribution >= 4 is 34.2 Å². The van der Waals surface area contributed by atoms with Crippen LogP contribution in [0.25, 0.3) is 11.0 Å². The van der Waals surface area contributed by atoms with Gasteiger partial charge in [-0.1, -0.05) is 11.6 Å². The number of benzene rings is 1. The molecule has 0 bridgehead atoms. The van der Waals surface area contributed by atoms with E-state index in [1.807, 2.05) is 6.07 Å². The lowest BCUT2D eigenvalue weighted by Gasteiger charge is -1.93. The highest BCUT2D eigenvalue weighted by Gasteiger charge is 2.09.